The van der Waals surface area contributed by atoms with Crippen molar-refractivity contribution in [3.63, 3.8) is 0 Å². The third-order valence-electron chi connectivity index (χ3n) is 3.69. The van der Waals surface area contributed by atoms with Crippen molar-refractivity contribution in [2.45, 2.75) is 26.3 Å². The second-order valence-electron chi connectivity index (χ2n) is 4.96. The van der Waals surface area contributed by atoms with Crippen molar-refractivity contribution in [2.75, 3.05) is 18.0 Å². The summed E-state index contributed by atoms with van der Waals surface area (Å²) in [7, 11) is 0. The van der Waals surface area contributed by atoms with Crippen molar-refractivity contribution in [3.8, 4) is 6.07 Å². The summed E-state index contributed by atoms with van der Waals surface area (Å²) in [5, 5.41) is 9.18. The van der Waals surface area contributed by atoms with E-state index in [2.05, 4.69) is 30.9 Å². The quantitative estimate of drug-likeness (QED) is 0.801. The predicted octanol–water partition coefficient (Wildman–Crippen LogP) is 2.04. The normalized spacial score (nSPS) is 24.5. The lowest BCUT2D eigenvalue weighted by atomic mass is 9.93. The van der Waals surface area contributed by atoms with Gasteiger partial charge in [-0.3, -0.25) is 0 Å². The van der Waals surface area contributed by atoms with Crippen molar-refractivity contribution in [2.24, 2.45) is 11.7 Å². The number of nitrogens with zero attached hydrogens (tertiary/aromatic N) is 2. The molecule has 0 aliphatic carbocycles. The van der Waals surface area contributed by atoms with Gasteiger partial charge in [-0.1, -0.05) is 19.1 Å². The number of hydrogen-bond acceptors (Lipinski definition) is 3. The molecule has 1 aromatic rings. The van der Waals surface area contributed by atoms with E-state index in [4.69, 9.17) is 5.73 Å². The fourth-order valence-electron chi connectivity index (χ4n) is 2.47. The maximum atomic E-state index is 9.18. The second-order valence-corrected chi connectivity index (χ2v) is 4.96. The minimum atomic E-state index is 0.204. The van der Waals surface area contributed by atoms with Gasteiger partial charge in [-0.2, -0.15) is 5.26 Å². The fourth-order valence-corrected chi connectivity index (χ4v) is 2.47. The minimum Gasteiger partial charge on any atom is -0.369 e. The van der Waals surface area contributed by atoms with Gasteiger partial charge in [0, 0.05) is 19.1 Å². The molecule has 2 unspecified atom stereocenters. The number of para-hydroxylation sites is 1. The molecule has 1 aliphatic rings. The van der Waals surface area contributed by atoms with Crippen LogP contribution in [0.2, 0.25) is 0 Å². The highest BCUT2D eigenvalue weighted by atomic mass is 15.2. The zero-order valence-corrected chi connectivity index (χ0v) is 10.5. The summed E-state index contributed by atoms with van der Waals surface area (Å²) < 4.78 is 0. The summed E-state index contributed by atoms with van der Waals surface area (Å²) in [6.45, 7) is 6.10. The van der Waals surface area contributed by atoms with Gasteiger partial charge in [0.05, 0.1) is 11.3 Å². The maximum Gasteiger partial charge on any atom is 0.101 e. The third-order valence-corrected chi connectivity index (χ3v) is 3.69. The van der Waals surface area contributed by atoms with Gasteiger partial charge in [0.25, 0.3) is 0 Å². The summed E-state index contributed by atoms with van der Waals surface area (Å²) in [4.78, 5) is 2.26. The topological polar surface area (TPSA) is 53.0 Å². The van der Waals surface area contributed by atoms with Crippen LogP contribution in [-0.2, 0) is 0 Å². The van der Waals surface area contributed by atoms with Gasteiger partial charge in [-0.05, 0) is 30.9 Å². The van der Waals surface area contributed by atoms with E-state index in [1.807, 2.05) is 12.1 Å². The number of rotatable bonds is 1. The van der Waals surface area contributed by atoms with E-state index in [1.165, 1.54) is 0 Å². The smallest absolute Gasteiger partial charge is 0.101 e. The Morgan fingerprint density at radius 3 is 2.88 bits per heavy atom. The number of piperidine rings is 1. The average Bonchev–Trinajstić information content (AvgIpc) is 2.32. The molecular formula is C14H19N3. The molecule has 90 valence electrons. The molecule has 0 spiro atoms. The maximum absolute atomic E-state index is 9.18. The Morgan fingerprint density at radius 2 is 2.24 bits per heavy atom. The standard InChI is InChI=1S/C14H19N3/c1-10-6-7-17(9-13(10)16)14-11(2)4-3-5-12(14)8-15/h3-5,10,13H,6-7,9,16H2,1-2H3. The van der Waals surface area contributed by atoms with Gasteiger partial charge < -0.3 is 10.6 Å². The zero-order valence-electron chi connectivity index (χ0n) is 10.5. The van der Waals surface area contributed by atoms with E-state index in [1.54, 1.807) is 0 Å². The van der Waals surface area contributed by atoms with Gasteiger partial charge in [-0.25, -0.2) is 0 Å². The van der Waals surface area contributed by atoms with E-state index in [-0.39, 0.29) is 6.04 Å². The van der Waals surface area contributed by atoms with Gasteiger partial charge in [0.1, 0.15) is 6.07 Å². The first-order chi connectivity index (χ1) is 8.13. The van der Waals surface area contributed by atoms with Crippen LogP contribution in [0.3, 0.4) is 0 Å². The molecule has 3 nitrogen and oxygen atoms in total. The summed E-state index contributed by atoms with van der Waals surface area (Å²) in [5.41, 5.74) is 9.10. The summed E-state index contributed by atoms with van der Waals surface area (Å²) >= 11 is 0. The van der Waals surface area contributed by atoms with Gasteiger partial charge >= 0.3 is 0 Å². The van der Waals surface area contributed by atoms with Crippen LogP contribution in [0.4, 0.5) is 5.69 Å². The SMILES string of the molecule is Cc1cccc(C#N)c1N1CCC(C)C(N)C1. The van der Waals surface area contributed by atoms with Crippen molar-refractivity contribution in [3.05, 3.63) is 29.3 Å². The number of benzene rings is 1. The highest BCUT2D eigenvalue weighted by molar-refractivity contribution is 5.64. The van der Waals surface area contributed by atoms with Gasteiger partial charge in [0.15, 0.2) is 0 Å². The molecule has 1 heterocycles. The second kappa shape index (κ2) is 4.77. The summed E-state index contributed by atoms with van der Waals surface area (Å²) in [6.07, 6.45) is 1.10. The van der Waals surface area contributed by atoms with Crippen LogP contribution < -0.4 is 10.6 Å². The number of aryl methyl sites for hydroxylation is 1. The Bertz CT molecular complexity index is 447. The molecule has 17 heavy (non-hydrogen) atoms. The van der Waals surface area contributed by atoms with Gasteiger partial charge in [-0.15, -0.1) is 0 Å². The predicted molar refractivity (Wildman–Crippen MR) is 69.9 cm³/mol. The third kappa shape index (κ3) is 2.27. The lowest BCUT2D eigenvalue weighted by Gasteiger charge is -2.37. The van der Waals surface area contributed by atoms with Crippen LogP contribution in [0.5, 0.6) is 0 Å². The monoisotopic (exact) mass is 229 g/mol. The first kappa shape index (κ1) is 11.9. The molecule has 0 aromatic heterocycles. The number of nitriles is 1. The van der Waals surface area contributed by atoms with E-state index in [0.717, 1.165) is 36.3 Å². The lowest BCUT2D eigenvalue weighted by Crippen LogP contribution is -2.48. The first-order valence-corrected chi connectivity index (χ1v) is 6.13. The molecule has 0 radical (unpaired) electrons. The molecular weight excluding hydrogens is 210 g/mol. The Morgan fingerprint density at radius 1 is 1.47 bits per heavy atom. The van der Waals surface area contributed by atoms with Crippen LogP contribution in [0, 0.1) is 24.2 Å². The Balaban J connectivity index is 2.32. The number of nitrogens with two attached hydrogens (primary N) is 1. The van der Waals surface area contributed by atoms with E-state index in [0.29, 0.717) is 5.92 Å². The van der Waals surface area contributed by atoms with Crippen molar-refractivity contribution in [1.29, 1.82) is 5.26 Å². The number of anilines is 1. The molecule has 0 amide bonds. The van der Waals surface area contributed by atoms with Crippen LogP contribution in [0.1, 0.15) is 24.5 Å². The van der Waals surface area contributed by atoms with E-state index in [9.17, 15) is 5.26 Å². The number of hydrogen-bond donors (Lipinski definition) is 1. The molecule has 3 heteroatoms. The van der Waals surface area contributed by atoms with Crippen LogP contribution in [-0.4, -0.2) is 19.1 Å². The molecule has 2 rings (SSSR count). The van der Waals surface area contributed by atoms with Crippen LogP contribution in [0.25, 0.3) is 0 Å². The largest absolute Gasteiger partial charge is 0.369 e. The average molecular weight is 229 g/mol. The molecule has 0 bridgehead atoms. The minimum absolute atomic E-state index is 0.204. The van der Waals surface area contributed by atoms with Crippen molar-refractivity contribution >= 4 is 5.69 Å². The molecule has 2 atom stereocenters. The van der Waals surface area contributed by atoms with Crippen molar-refractivity contribution in [1.82, 2.24) is 0 Å². The Kier molecular flexibility index (Phi) is 3.35. The van der Waals surface area contributed by atoms with E-state index < -0.39 is 0 Å². The molecule has 2 N–H and O–H groups in total. The molecule has 0 saturated carbocycles. The highest BCUT2D eigenvalue weighted by Crippen LogP contribution is 2.28. The van der Waals surface area contributed by atoms with Crippen molar-refractivity contribution < 1.29 is 0 Å². The van der Waals surface area contributed by atoms with E-state index >= 15 is 0 Å². The Labute approximate surface area is 103 Å². The van der Waals surface area contributed by atoms with Gasteiger partial charge in [0.2, 0.25) is 0 Å². The van der Waals surface area contributed by atoms with Crippen LogP contribution in [0.15, 0.2) is 18.2 Å². The summed E-state index contributed by atoms with van der Waals surface area (Å²) in [5.74, 6) is 0.570. The molecule has 1 fully saturated rings. The molecule has 1 saturated heterocycles. The first-order valence-electron chi connectivity index (χ1n) is 6.13. The Hall–Kier alpha value is -1.53. The zero-order chi connectivity index (χ0) is 12.4. The molecule has 1 aliphatic heterocycles. The van der Waals surface area contributed by atoms with Crippen LogP contribution >= 0.6 is 0 Å². The fraction of sp³-hybridized carbons (Fsp3) is 0.500. The lowest BCUT2D eigenvalue weighted by molar-refractivity contribution is 0.379. The molecule has 1 aromatic carbocycles. The summed E-state index contributed by atoms with van der Waals surface area (Å²) in [6, 6.07) is 8.35. The highest BCUT2D eigenvalue weighted by Gasteiger charge is 2.25.